The average molecular weight is 200 g/mol. The molecule has 0 radical (unpaired) electrons. The van der Waals surface area contributed by atoms with Crippen molar-refractivity contribution in [1.82, 2.24) is 10.3 Å². The lowest BCUT2D eigenvalue weighted by Gasteiger charge is -2.02. The summed E-state index contributed by atoms with van der Waals surface area (Å²) in [6.07, 6.45) is -2.64. The van der Waals surface area contributed by atoms with Gasteiger partial charge in [-0.3, -0.25) is 4.79 Å². The van der Waals surface area contributed by atoms with E-state index in [0.29, 0.717) is 0 Å². The highest BCUT2D eigenvalue weighted by Gasteiger charge is 2.12. The molecule has 3 nitrogen and oxygen atoms in total. The van der Waals surface area contributed by atoms with Gasteiger partial charge >= 0.3 is 0 Å². The molecule has 0 aliphatic carbocycles. The molecular weight excluding hydrogens is 190 g/mol. The van der Waals surface area contributed by atoms with E-state index in [0.717, 1.165) is 0 Å². The van der Waals surface area contributed by atoms with Crippen LogP contribution in [0.1, 0.15) is 22.6 Å². The summed E-state index contributed by atoms with van der Waals surface area (Å²) in [5, 5.41) is 2.64. The molecule has 0 amide bonds. The fourth-order valence-corrected chi connectivity index (χ4v) is 0.979. The fraction of sp³-hybridized carbons (Fsp3) is 0.333. The normalized spacial score (nSPS) is 10.6. The van der Waals surface area contributed by atoms with Crippen LogP contribution in [0.15, 0.2) is 18.2 Å². The molecule has 0 saturated heterocycles. The van der Waals surface area contributed by atoms with Crippen LogP contribution < -0.4 is 5.32 Å². The van der Waals surface area contributed by atoms with Crippen LogP contribution in [0.4, 0.5) is 8.78 Å². The van der Waals surface area contributed by atoms with Crippen LogP contribution in [0.3, 0.4) is 0 Å². The van der Waals surface area contributed by atoms with E-state index in [9.17, 15) is 13.6 Å². The van der Waals surface area contributed by atoms with E-state index >= 15 is 0 Å². The van der Waals surface area contributed by atoms with Crippen molar-refractivity contribution in [3.05, 3.63) is 29.6 Å². The van der Waals surface area contributed by atoms with Crippen LogP contribution in [-0.2, 0) is 0 Å². The number of aromatic nitrogens is 1. The molecule has 5 heteroatoms. The molecule has 0 atom stereocenters. The molecule has 14 heavy (non-hydrogen) atoms. The van der Waals surface area contributed by atoms with E-state index in [1.54, 1.807) is 7.05 Å². The van der Waals surface area contributed by atoms with Crippen molar-refractivity contribution in [3.63, 3.8) is 0 Å². The minimum absolute atomic E-state index is 0.0668. The Labute approximate surface area is 80.2 Å². The quantitative estimate of drug-likeness (QED) is 0.747. The van der Waals surface area contributed by atoms with Crippen molar-refractivity contribution in [2.75, 3.05) is 13.6 Å². The molecule has 1 aromatic rings. The number of hydrogen-bond donors (Lipinski definition) is 1. The van der Waals surface area contributed by atoms with E-state index in [4.69, 9.17) is 0 Å². The van der Waals surface area contributed by atoms with E-state index in [1.807, 2.05) is 0 Å². The minimum atomic E-state index is -2.64. The summed E-state index contributed by atoms with van der Waals surface area (Å²) in [4.78, 5) is 14.8. The van der Waals surface area contributed by atoms with Gasteiger partial charge in [0.1, 0.15) is 11.4 Å². The standard InChI is InChI=1S/C9H10F2N2O/c1-12-5-8(14)6-3-2-4-7(13-6)9(10)11/h2-4,9,12H,5H2,1H3. The predicted molar refractivity (Wildman–Crippen MR) is 47.5 cm³/mol. The van der Waals surface area contributed by atoms with Gasteiger partial charge < -0.3 is 5.32 Å². The number of carbonyl (C=O) groups is 1. The third kappa shape index (κ3) is 2.56. The third-order valence-electron chi connectivity index (χ3n) is 1.62. The molecule has 1 heterocycles. The Morgan fingerprint density at radius 3 is 2.86 bits per heavy atom. The largest absolute Gasteiger partial charge is 0.313 e. The number of carbonyl (C=O) groups excluding carboxylic acids is 1. The van der Waals surface area contributed by atoms with Crippen LogP contribution in [-0.4, -0.2) is 24.4 Å². The zero-order valence-electron chi connectivity index (χ0n) is 7.63. The lowest BCUT2D eigenvalue weighted by Crippen LogP contribution is -2.19. The van der Waals surface area contributed by atoms with Gasteiger partial charge in [0.25, 0.3) is 6.43 Å². The zero-order chi connectivity index (χ0) is 10.6. The number of nitrogens with one attached hydrogen (secondary N) is 1. The van der Waals surface area contributed by atoms with Gasteiger partial charge in [-0.2, -0.15) is 0 Å². The molecule has 76 valence electrons. The summed E-state index contributed by atoms with van der Waals surface area (Å²) in [5.74, 6) is -0.296. The Bertz CT molecular complexity index is 328. The number of alkyl halides is 2. The van der Waals surface area contributed by atoms with Crippen LogP contribution in [0.2, 0.25) is 0 Å². The average Bonchev–Trinajstić information content (AvgIpc) is 2.18. The van der Waals surface area contributed by atoms with Gasteiger partial charge in [-0.05, 0) is 19.2 Å². The molecular formula is C9H10F2N2O. The highest BCUT2D eigenvalue weighted by atomic mass is 19.3. The summed E-state index contributed by atoms with van der Waals surface area (Å²) >= 11 is 0. The van der Waals surface area contributed by atoms with Gasteiger partial charge in [0.05, 0.1) is 6.54 Å². The highest BCUT2D eigenvalue weighted by Crippen LogP contribution is 2.15. The predicted octanol–water partition coefficient (Wildman–Crippen LogP) is 1.42. The first-order valence-electron chi connectivity index (χ1n) is 4.08. The number of Topliss-reactive ketones (excluding diaryl/α,β-unsaturated/α-hetero) is 1. The van der Waals surface area contributed by atoms with Crippen molar-refractivity contribution >= 4 is 5.78 Å². The van der Waals surface area contributed by atoms with Crippen LogP contribution >= 0.6 is 0 Å². The van der Waals surface area contributed by atoms with Crippen molar-refractivity contribution < 1.29 is 13.6 Å². The first kappa shape index (κ1) is 10.7. The van der Waals surface area contributed by atoms with Gasteiger partial charge in [-0.15, -0.1) is 0 Å². The molecule has 0 aliphatic heterocycles. The Morgan fingerprint density at radius 2 is 2.29 bits per heavy atom. The second kappa shape index (κ2) is 4.76. The second-order valence-electron chi connectivity index (χ2n) is 2.70. The molecule has 1 rings (SSSR count). The Morgan fingerprint density at radius 1 is 1.57 bits per heavy atom. The van der Waals surface area contributed by atoms with Gasteiger partial charge in [0, 0.05) is 0 Å². The second-order valence-corrected chi connectivity index (χ2v) is 2.70. The van der Waals surface area contributed by atoms with Crippen LogP contribution in [0.25, 0.3) is 0 Å². The Kier molecular flexibility index (Phi) is 3.64. The lowest BCUT2D eigenvalue weighted by molar-refractivity contribution is 0.0986. The van der Waals surface area contributed by atoms with E-state index < -0.39 is 6.43 Å². The molecule has 0 aromatic carbocycles. The van der Waals surface area contributed by atoms with E-state index in [-0.39, 0.29) is 23.7 Å². The van der Waals surface area contributed by atoms with Gasteiger partial charge in [0.15, 0.2) is 5.78 Å². The number of hydrogen-bond acceptors (Lipinski definition) is 3. The third-order valence-corrected chi connectivity index (χ3v) is 1.62. The summed E-state index contributed by atoms with van der Waals surface area (Å²) < 4.78 is 24.4. The molecule has 0 unspecified atom stereocenters. The fourth-order valence-electron chi connectivity index (χ4n) is 0.979. The lowest BCUT2D eigenvalue weighted by atomic mass is 10.2. The number of pyridine rings is 1. The SMILES string of the molecule is CNCC(=O)c1cccc(C(F)F)n1. The Balaban J connectivity index is 2.88. The van der Waals surface area contributed by atoms with Crippen LogP contribution in [0.5, 0.6) is 0 Å². The molecule has 1 aromatic heterocycles. The summed E-state index contributed by atoms with van der Waals surface area (Å²) in [5.41, 5.74) is -0.302. The monoisotopic (exact) mass is 200 g/mol. The molecule has 0 aliphatic rings. The zero-order valence-corrected chi connectivity index (χ0v) is 7.63. The minimum Gasteiger partial charge on any atom is -0.313 e. The van der Waals surface area contributed by atoms with Crippen molar-refractivity contribution in [1.29, 1.82) is 0 Å². The van der Waals surface area contributed by atoms with Crippen molar-refractivity contribution in [2.45, 2.75) is 6.43 Å². The van der Waals surface area contributed by atoms with Gasteiger partial charge in [-0.1, -0.05) is 6.07 Å². The van der Waals surface area contributed by atoms with Crippen LogP contribution in [0, 0.1) is 0 Å². The molecule has 0 spiro atoms. The van der Waals surface area contributed by atoms with Gasteiger partial charge in [-0.25, -0.2) is 13.8 Å². The number of likely N-dealkylation sites (N-methyl/N-ethyl adjacent to an activating group) is 1. The van der Waals surface area contributed by atoms with Crippen molar-refractivity contribution in [2.24, 2.45) is 0 Å². The molecule has 0 bridgehead atoms. The Hall–Kier alpha value is -1.36. The first-order chi connectivity index (χ1) is 6.65. The smallest absolute Gasteiger partial charge is 0.280 e. The number of halogens is 2. The molecule has 0 fully saturated rings. The molecule has 1 N–H and O–H groups in total. The van der Waals surface area contributed by atoms with Crippen molar-refractivity contribution in [3.8, 4) is 0 Å². The van der Waals surface area contributed by atoms with E-state index in [2.05, 4.69) is 10.3 Å². The number of ketones is 1. The topological polar surface area (TPSA) is 42.0 Å². The molecule has 0 saturated carbocycles. The number of rotatable bonds is 4. The van der Waals surface area contributed by atoms with E-state index in [1.165, 1.54) is 18.2 Å². The maximum absolute atomic E-state index is 12.2. The first-order valence-corrected chi connectivity index (χ1v) is 4.08. The summed E-state index contributed by atoms with van der Waals surface area (Å²) in [6, 6.07) is 4.02. The summed E-state index contributed by atoms with van der Waals surface area (Å²) in [6.45, 7) is 0.0969. The maximum Gasteiger partial charge on any atom is 0.280 e. The summed E-state index contributed by atoms with van der Waals surface area (Å²) in [7, 11) is 1.61. The number of nitrogens with zero attached hydrogens (tertiary/aromatic N) is 1. The maximum atomic E-state index is 12.2. The highest BCUT2D eigenvalue weighted by molar-refractivity contribution is 5.95. The van der Waals surface area contributed by atoms with Gasteiger partial charge in [0.2, 0.25) is 0 Å².